The van der Waals surface area contributed by atoms with Gasteiger partial charge in [-0.25, -0.2) is 4.79 Å². The Balaban J connectivity index is 3.10. The number of nitrogens with zero attached hydrogens (tertiary/aromatic N) is 1. The predicted octanol–water partition coefficient (Wildman–Crippen LogP) is 1.21. The van der Waals surface area contributed by atoms with Gasteiger partial charge < -0.3 is 14.9 Å². The van der Waals surface area contributed by atoms with Crippen molar-refractivity contribution >= 4 is 23.3 Å². The van der Waals surface area contributed by atoms with Crippen molar-refractivity contribution in [3.05, 3.63) is 38.9 Å². The van der Waals surface area contributed by atoms with Gasteiger partial charge in [0.15, 0.2) is 6.10 Å². The summed E-state index contributed by atoms with van der Waals surface area (Å²) in [6.45, 7) is 1.54. The van der Waals surface area contributed by atoms with Gasteiger partial charge in [-0.3, -0.25) is 10.1 Å². The van der Waals surface area contributed by atoms with Gasteiger partial charge in [-0.2, -0.15) is 0 Å². The summed E-state index contributed by atoms with van der Waals surface area (Å²) in [6, 6.07) is 3.47. The number of nitro groups is 1. The molecule has 104 valence electrons. The maximum absolute atomic E-state index is 11.3. The highest BCUT2D eigenvalue weighted by Gasteiger charge is 2.32. The second-order valence-electron chi connectivity index (χ2n) is 3.60. The first-order valence-electron chi connectivity index (χ1n) is 5.35. The van der Waals surface area contributed by atoms with Crippen LogP contribution in [-0.2, 0) is 9.53 Å². The number of aliphatic hydroxyl groups is 2. The summed E-state index contributed by atoms with van der Waals surface area (Å²) in [5.41, 5.74) is -0.696. The molecule has 2 atom stereocenters. The van der Waals surface area contributed by atoms with Gasteiger partial charge in [0.05, 0.1) is 17.1 Å². The molecule has 19 heavy (non-hydrogen) atoms. The molecule has 7 nitrogen and oxygen atoms in total. The highest BCUT2D eigenvalue weighted by Crippen LogP contribution is 2.30. The van der Waals surface area contributed by atoms with Crippen LogP contribution in [0.15, 0.2) is 18.2 Å². The van der Waals surface area contributed by atoms with Gasteiger partial charge in [0, 0.05) is 11.1 Å². The monoisotopic (exact) mass is 289 g/mol. The molecular weight excluding hydrogens is 278 g/mol. The number of carbonyl (C=O) groups is 1. The van der Waals surface area contributed by atoms with Crippen LogP contribution in [0.2, 0.25) is 5.02 Å². The summed E-state index contributed by atoms with van der Waals surface area (Å²) in [7, 11) is 0. The number of benzene rings is 1. The number of halogens is 1. The van der Waals surface area contributed by atoms with Crippen LogP contribution in [0.1, 0.15) is 18.6 Å². The van der Waals surface area contributed by atoms with Crippen molar-refractivity contribution in [2.75, 3.05) is 6.61 Å². The molecule has 1 aromatic rings. The first-order chi connectivity index (χ1) is 8.88. The molecule has 0 aliphatic rings. The minimum atomic E-state index is -1.92. The lowest BCUT2D eigenvalue weighted by Gasteiger charge is -2.16. The molecule has 1 rings (SSSR count). The maximum atomic E-state index is 11.3. The van der Waals surface area contributed by atoms with Crippen molar-refractivity contribution in [2.24, 2.45) is 0 Å². The van der Waals surface area contributed by atoms with E-state index in [1.54, 1.807) is 0 Å². The summed E-state index contributed by atoms with van der Waals surface area (Å²) in [5.74, 6) is -1.07. The zero-order valence-corrected chi connectivity index (χ0v) is 10.7. The third kappa shape index (κ3) is 3.63. The Morgan fingerprint density at radius 1 is 1.53 bits per heavy atom. The standard InChI is InChI=1S/C11H12ClNO6/c1-2-19-11(16)10(15)9(14)7-5-6(12)3-4-8(7)13(17)18/h3-5,9-10,14-15H,2H2,1H3. The summed E-state index contributed by atoms with van der Waals surface area (Å²) in [4.78, 5) is 21.4. The van der Waals surface area contributed by atoms with Crippen LogP contribution in [0, 0.1) is 10.1 Å². The Bertz CT molecular complexity index is 492. The SMILES string of the molecule is CCOC(=O)C(O)C(O)c1cc(Cl)ccc1[N+](=O)[O-]. The molecule has 0 fully saturated rings. The van der Waals surface area contributed by atoms with Crippen molar-refractivity contribution in [3.63, 3.8) is 0 Å². The predicted molar refractivity (Wildman–Crippen MR) is 65.7 cm³/mol. The lowest BCUT2D eigenvalue weighted by atomic mass is 10.0. The Morgan fingerprint density at radius 3 is 2.68 bits per heavy atom. The highest BCUT2D eigenvalue weighted by atomic mass is 35.5. The van der Waals surface area contributed by atoms with Crippen molar-refractivity contribution < 1.29 is 24.7 Å². The Kier molecular flexibility index (Phi) is 5.22. The minimum absolute atomic E-state index is 0.0141. The van der Waals surface area contributed by atoms with E-state index < -0.39 is 28.8 Å². The van der Waals surface area contributed by atoms with Gasteiger partial charge in [-0.05, 0) is 19.1 Å². The second kappa shape index (κ2) is 6.46. The molecule has 2 unspecified atom stereocenters. The second-order valence-corrected chi connectivity index (χ2v) is 4.04. The number of esters is 1. The Hall–Kier alpha value is -1.70. The zero-order chi connectivity index (χ0) is 14.6. The van der Waals surface area contributed by atoms with Crippen LogP contribution in [0.3, 0.4) is 0 Å². The largest absolute Gasteiger partial charge is 0.464 e. The minimum Gasteiger partial charge on any atom is -0.464 e. The molecule has 2 N–H and O–H groups in total. The summed E-state index contributed by atoms with van der Waals surface area (Å²) in [5, 5.41) is 30.3. The average Bonchev–Trinajstić information content (AvgIpc) is 2.36. The van der Waals surface area contributed by atoms with Gasteiger partial charge in [-0.1, -0.05) is 11.6 Å². The molecule has 0 saturated heterocycles. The number of hydrogen-bond donors (Lipinski definition) is 2. The van der Waals surface area contributed by atoms with E-state index in [1.807, 2.05) is 0 Å². The Labute approximate surface area is 113 Å². The van der Waals surface area contributed by atoms with Crippen molar-refractivity contribution in [3.8, 4) is 0 Å². The topological polar surface area (TPSA) is 110 Å². The van der Waals surface area contributed by atoms with Gasteiger partial charge >= 0.3 is 5.97 Å². The molecule has 8 heteroatoms. The molecule has 0 aliphatic heterocycles. The molecule has 0 bridgehead atoms. The van der Waals surface area contributed by atoms with E-state index in [-0.39, 0.29) is 17.2 Å². The van der Waals surface area contributed by atoms with Crippen LogP contribution in [0.25, 0.3) is 0 Å². The van der Waals surface area contributed by atoms with E-state index in [4.69, 9.17) is 11.6 Å². The van der Waals surface area contributed by atoms with Crippen molar-refractivity contribution in [2.45, 2.75) is 19.1 Å². The summed E-state index contributed by atoms with van der Waals surface area (Å²) in [6.07, 6.45) is -3.71. The fourth-order valence-corrected chi connectivity index (χ4v) is 1.64. The number of ether oxygens (including phenoxy) is 1. The highest BCUT2D eigenvalue weighted by molar-refractivity contribution is 6.30. The number of rotatable bonds is 5. The maximum Gasteiger partial charge on any atom is 0.338 e. The lowest BCUT2D eigenvalue weighted by molar-refractivity contribution is -0.386. The Morgan fingerprint density at radius 2 is 2.16 bits per heavy atom. The van der Waals surface area contributed by atoms with Crippen LogP contribution in [0.5, 0.6) is 0 Å². The molecule has 0 aliphatic carbocycles. The third-order valence-electron chi connectivity index (χ3n) is 2.33. The van der Waals surface area contributed by atoms with Crippen LogP contribution in [-0.4, -0.2) is 33.8 Å². The molecule has 1 aromatic carbocycles. The molecule has 0 radical (unpaired) electrons. The van der Waals surface area contributed by atoms with Crippen molar-refractivity contribution in [1.29, 1.82) is 0 Å². The average molecular weight is 290 g/mol. The van der Waals surface area contributed by atoms with Gasteiger partial charge in [-0.15, -0.1) is 0 Å². The third-order valence-corrected chi connectivity index (χ3v) is 2.57. The quantitative estimate of drug-likeness (QED) is 0.479. The van der Waals surface area contributed by atoms with E-state index in [9.17, 15) is 25.1 Å². The normalized spacial score (nSPS) is 13.7. The van der Waals surface area contributed by atoms with Crippen LogP contribution < -0.4 is 0 Å². The van der Waals surface area contributed by atoms with E-state index in [2.05, 4.69) is 4.74 Å². The van der Waals surface area contributed by atoms with Crippen molar-refractivity contribution in [1.82, 2.24) is 0 Å². The molecule has 0 spiro atoms. The number of nitro benzene ring substituents is 1. The van der Waals surface area contributed by atoms with E-state index >= 15 is 0 Å². The molecule has 0 amide bonds. The summed E-state index contributed by atoms with van der Waals surface area (Å²) < 4.78 is 4.53. The number of hydrogen-bond acceptors (Lipinski definition) is 6. The van der Waals surface area contributed by atoms with Crippen LogP contribution >= 0.6 is 11.6 Å². The molecule has 0 saturated carbocycles. The van der Waals surface area contributed by atoms with Gasteiger partial charge in [0.1, 0.15) is 6.10 Å². The molecule has 0 heterocycles. The van der Waals surface area contributed by atoms with E-state index in [0.717, 1.165) is 12.1 Å². The van der Waals surface area contributed by atoms with E-state index in [1.165, 1.54) is 13.0 Å². The zero-order valence-electron chi connectivity index (χ0n) is 9.95. The molecule has 0 aromatic heterocycles. The smallest absolute Gasteiger partial charge is 0.338 e. The number of aliphatic hydroxyl groups excluding tert-OH is 2. The van der Waals surface area contributed by atoms with Gasteiger partial charge in [0.25, 0.3) is 5.69 Å². The molecular formula is C11H12ClNO6. The first kappa shape index (κ1) is 15.4. The number of carbonyl (C=O) groups excluding carboxylic acids is 1. The lowest BCUT2D eigenvalue weighted by Crippen LogP contribution is -2.30. The van der Waals surface area contributed by atoms with E-state index in [0.29, 0.717) is 0 Å². The van der Waals surface area contributed by atoms with Gasteiger partial charge in [0.2, 0.25) is 0 Å². The summed E-state index contributed by atoms with van der Waals surface area (Å²) >= 11 is 5.68. The fraction of sp³-hybridized carbons (Fsp3) is 0.364. The first-order valence-corrected chi connectivity index (χ1v) is 5.72. The fourth-order valence-electron chi connectivity index (χ4n) is 1.46. The van der Waals surface area contributed by atoms with Crippen LogP contribution in [0.4, 0.5) is 5.69 Å².